The number of rotatable bonds is 24. The van der Waals surface area contributed by atoms with Crippen molar-refractivity contribution in [1.82, 2.24) is 99.0 Å². The average Bonchev–Trinajstić information content (AvgIpc) is 1.74. The molecule has 0 saturated carbocycles. The Labute approximate surface area is 794 Å². The summed E-state index contributed by atoms with van der Waals surface area (Å²) < 4.78 is 10.4. The van der Waals surface area contributed by atoms with E-state index in [1.807, 2.05) is 91.3 Å². The van der Waals surface area contributed by atoms with E-state index >= 15 is 0 Å². The number of nitrogens with one attached hydrogen (secondary N) is 6. The van der Waals surface area contributed by atoms with Gasteiger partial charge in [-0.05, 0) is 174 Å². The summed E-state index contributed by atoms with van der Waals surface area (Å²) >= 11 is 0. The first-order valence-corrected chi connectivity index (χ1v) is 40.4. The van der Waals surface area contributed by atoms with Crippen LogP contribution in [0.25, 0.3) is 23.3 Å². The van der Waals surface area contributed by atoms with Gasteiger partial charge in [0.05, 0.1) is 60.2 Å². The van der Waals surface area contributed by atoms with Crippen LogP contribution in [0.15, 0.2) is 159 Å². The van der Waals surface area contributed by atoms with E-state index in [0.29, 0.717) is 75.1 Å². The van der Waals surface area contributed by atoms with Crippen molar-refractivity contribution in [3.8, 4) is 23.3 Å². The molecule has 131 heavy (non-hydrogen) atoms. The molecule has 4 aliphatic rings. The monoisotopic (exact) mass is 1860 g/mol. The Morgan fingerprint density at radius 3 is 0.985 bits per heavy atom. The molecule has 8 aromatic heterocycles. The number of aldehydes is 1. The van der Waals surface area contributed by atoms with Crippen molar-refractivity contribution in [3.05, 3.63) is 257 Å². The second-order valence-corrected chi connectivity index (χ2v) is 29.5. The Morgan fingerprint density at radius 1 is 0.458 bits per heavy atom. The molecular weight excluding hydrogens is 1760 g/mol. The van der Waals surface area contributed by atoms with Crippen LogP contribution in [0.3, 0.4) is 0 Å². The van der Waals surface area contributed by atoms with Crippen LogP contribution in [-0.4, -0.2) is 199 Å². The van der Waals surface area contributed by atoms with E-state index in [4.69, 9.17) is 0 Å². The molecule has 681 valence electrons. The summed E-state index contributed by atoms with van der Waals surface area (Å²) in [5.41, 5.74) is 14.4. The number of nitro groups is 3. The fourth-order valence-corrected chi connectivity index (χ4v) is 11.9. The second-order valence-electron chi connectivity index (χ2n) is 29.5. The molecule has 4 saturated heterocycles. The van der Waals surface area contributed by atoms with E-state index in [2.05, 4.69) is 136 Å². The standard InChI is InChI=1S/C22H25N7O.2C19H21N7O2.C16H14N6O3.C4H6O4.C3H7N.C2H3BO2.ClH.Fe.Na/c1-4-21(30)24-18-7-6-15(2)19(12-18)25-22-23-9-8-20(26-22)29-14-17(16(3)27-29)13-28-10-5-11-28;2*1-13-4-5-16(26(27)28)10-17(13)21-19-20-7-6-18(22-19)25-12-15(14(2)23-25)11-24-8-3-9-24;1-10-3-4-13(22(24)25)7-14(10)18-16-17-6-5-15(19-16)21-8-12(9-23)11(2)20-21;1-3(5)7-8-4(2)6;1-2-4-3-1;1-2(4)5-3;;;/h4,6-9,12,14H,1,5,10-11,13H2,2-3H3,(H,24,30)(H,23,25,26);2*4-7,10,12H,3,8-9,11H2,1-2H3,(H,20,21,22);3-9H,1-2H3,(H,17,18,19);1-2H3;4H,1-3H2;1H3;1H;;/q;;;;;;-1;;;+1. The summed E-state index contributed by atoms with van der Waals surface area (Å²) in [5.74, 6) is 1.88. The molecule has 4 aliphatic heterocycles. The van der Waals surface area contributed by atoms with Gasteiger partial charge in [0, 0.05) is 196 Å². The summed E-state index contributed by atoms with van der Waals surface area (Å²) in [6, 6.07) is 26.5. The van der Waals surface area contributed by atoms with E-state index in [9.17, 15) is 54.3 Å². The minimum absolute atomic E-state index is 0. The van der Waals surface area contributed by atoms with Crippen molar-refractivity contribution >= 4 is 120 Å². The molecular formula is C85H98BClFeN28NaO14. The number of carbonyl (C=O) groups is 5. The predicted octanol–water partition coefficient (Wildman–Crippen LogP) is 9.43. The molecule has 16 rings (SSSR count). The Morgan fingerprint density at radius 2 is 0.740 bits per heavy atom. The van der Waals surface area contributed by atoms with Gasteiger partial charge in [-0.1, -0.05) is 30.8 Å². The number of halogens is 1. The number of carbonyl (C=O) groups excluding carboxylic acids is 5. The minimum atomic E-state index is -0.639. The van der Waals surface area contributed by atoms with Crippen LogP contribution in [0.5, 0.6) is 0 Å². The fourth-order valence-electron chi connectivity index (χ4n) is 11.9. The summed E-state index contributed by atoms with van der Waals surface area (Å²) in [7, 11) is 4.32. The molecule has 0 atom stereocenters. The Kier molecular flexibility index (Phi) is 40.7. The van der Waals surface area contributed by atoms with Gasteiger partial charge in [-0.2, -0.15) is 40.3 Å². The van der Waals surface area contributed by atoms with Crippen LogP contribution in [0, 0.1) is 85.7 Å². The first-order valence-electron chi connectivity index (χ1n) is 40.4. The number of hydrogen-bond donors (Lipinski definition) is 6. The molecule has 0 bridgehead atoms. The van der Waals surface area contributed by atoms with E-state index in [-0.39, 0.29) is 88.0 Å². The minimum Gasteiger partial charge on any atom is -0.793 e. The largest absolute Gasteiger partial charge is 1.00 e. The molecule has 0 aliphatic carbocycles. The quantitative estimate of drug-likeness (QED) is 0.00818. The number of benzene rings is 4. The van der Waals surface area contributed by atoms with Gasteiger partial charge in [0.2, 0.25) is 35.7 Å². The average molecular weight is 1860 g/mol. The van der Waals surface area contributed by atoms with E-state index in [0.717, 1.165) is 124 Å². The second kappa shape index (κ2) is 51.0. The summed E-state index contributed by atoms with van der Waals surface area (Å²) in [5, 5.41) is 69.2. The normalized spacial score (nSPS) is 12.5. The van der Waals surface area contributed by atoms with E-state index < -0.39 is 32.7 Å². The number of nitrogens with zero attached hydrogens (tertiary/aromatic N) is 22. The topological polar surface area (TPSA) is 499 Å². The van der Waals surface area contributed by atoms with Crippen molar-refractivity contribution in [1.29, 1.82) is 0 Å². The van der Waals surface area contributed by atoms with Crippen LogP contribution >= 0.6 is 12.4 Å². The molecule has 4 fully saturated rings. The predicted molar refractivity (Wildman–Crippen MR) is 483 cm³/mol. The maximum atomic E-state index is 11.6. The SMILES string of the molecule is C1CNC1.C=CC(=O)Nc1ccc(C)c(Nc2nccc(-n3cc(CN4CCC4)c(C)n3)n2)c1.CC(=O)OOC(C)=O.Cc1ccc([N+](=O)[O-])cc1Nc1nccc(-n2cc(C=O)c(C)n2)n1.Cc1ccc([N+](=O)[O-])cc1Nc1nccc(-n2cc(CN3CCC3)c(C)n2)n1.Cc1ccc([N+](=O)[O-])cc1Nc1nccc(-n2cc(CN3CCC3)c(C)n2)n1.Cl.[B-]OC(C)=O.[Fe].[Na+]. The molecule has 4 aromatic carbocycles. The van der Waals surface area contributed by atoms with Gasteiger partial charge in [0.15, 0.2) is 29.6 Å². The van der Waals surface area contributed by atoms with Gasteiger partial charge in [0.1, 0.15) is 0 Å². The first kappa shape index (κ1) is 105. The van der Waals surface area contributed by atoms with Gasteiger partial charge >= 0.3 is 41.5 Å². The smallest absolute Gasteiger partial charge is 0.793 e. The molecule has 3 radical (unpaired) electrons. The Hall–Kier alpha value is -13.6. The molecule has 1 amide bonds. The molecule has 0 spiro atoms. The van der Waals surface area contributed by atoms with Gasteiger partial charge in [-0.25, -0.2) is 58.0 Å². The molecule has 42 nitrogen and oxygen atoms in total. The van der Waals surface area contributed by atoms with Crippen molar-refractivity contribution in [2.45, 2.75) is 121 Å². The van der Waals surface area contributed by atoms with Crippen LogP contribution in [0.4, 0.5) is 69.3 Å². The number of amides is 1. The number of hydrogen-bond acceptors (Lipinski definition) is 34. The van der Waals surface area contributed by atoms with Gasteiger partial charge < -0.3 is 44.6 Å². The number of aromatic nitrogens is 16. The maximum absolute atomic E-state index is 11.6. The molecule has 12 aromatic rings. The van der Waals surface area contributed by atoms with E-state index in [1.165, 1.54) is 116 Å². The molecule has 46 heteroatoms. The number of aryl methyl sites for hydroxylation is 8. The van der Waals surface area contributed by atoms with Crippen molar-refractivity contribution in [2.75, 3.05) is 78.9 Å². The molecule has 0 unspecified atom stereocenters. The van der Waals surface area contributed by atoms with Crippen LogP contribution in [0.2, 0.25) is 0 Å². The zero-order valence-electron chi connectivity index (χ0n) is 74.2. The zero-order valence-corrected chi connectivity index (χ0v) is 78.1. The van der Waals surface area contributed by atoms with Crippen molar-refractivity contribution in [3.63, 3.8) is 0 Å². The zero-order chi connectivity index (χ0) is 92.1. The van der Waals surface area contributed by atoms with Gasteiger partial charge in [-0.15, -0.1) is 12.4 Å². The van der Waals surface area contributed by atoms with Crippen LogP contribution in [-0.2, 0) is 70.3 Å². The number of nitro benzene ring substituents is 3. The maximum Gasteiger partial charge on any atom is 1.00 e. The number of non-ortho nitro benzene ring substituents is 3. The first-order chi connectivity index (χ1) is 61.4. The summed E-state index contributed by atoms with van der Waals surface area (Å²) in [6.07, 6.45) is 21.3. The third-order valence-corrected chi connectivity index (χ3v) is 19.7. The fraction of sp³-hybridized carbons (Fsp3) is 0.306. The van der Waals surface area contributed by atoms with Crippen molar-refractivity contribution in [2.24, 2.45) is 0 Å². The summed E-state index contributed by atoms with van der Waals surface area (Å²) in [4.78, 5) is 133. The van der Waals surface area contributed by atoms with Gasteiger partial charge in [-0.3, -0.25) is 59.4 Å². The third-order valence-electron chi connectivity index (χ3n) is 19.7. The Bertz CT molecular complexity index is 5780. The molecule has 6 N–H and O–H groups in total. The van der Waals surface area contributed by atoms with Crippen molar-refractivity contribution < 1.29 is 99.8 Å². The molecule has 12 heterocycles. The summed E-state index contributed by atoms with van der Waals surface area (Å²) in [6.45, 7) is 34.3. The van der Waals surface area contributed by atoms with E-state index in [1.54, 1.807) is 82.2 Å². The van der Waals surface area contributed by atoms with Crippen LogP contribution < -0.4 is 61.5 Å². The number of likely N-dealkylation sites (tertiary alicyclic amines) is 3. The number of anilines is 9. The van der Waals surface area contributed by atoms with Gasteiger partial charge in [0.25, 0.3) is 17.1 Å². The third kappa shape index (κ3) is 31.7. The van der Waals surface area contributed by atoms with Crippen LogP contribution in [0.1, 0.15) is 119 Å². The Balaban J connectivity index is 0.000000223.